The summed E-state index contributed by atoms with van der Waals surface area (Å²) in [5.41, 5.74) is 2.35. The number of rotatable bonds is 6. The molecule has 8 heteroatoms. The van der Waals surface area contributed by atoms with Gasteiger partial charge in [-0.2, -0.15) is 5.06 Å². The lowest BCUT2D eigenvalue weighted by Crippen LogP contribution is -2.54. The molecule has 8 nitrogen and oxygen atoms in total. The Morgan fingerprint density at radius 3 is 2.20 bits per heavy atom. The number of hydrogen-bond donors (Lipinski definition) is 0. The zero-order valence-corrected chi connectivity index (χ0v) is 23.4. The number of hydrogen-bond acceptors (Lipinski definition) is 7. The van der Waals surface area contributed by atoms with Gasteiger partial charge >= 0.3 is 12.1 Å². The van der Waals surface area contributed by atoms with Crippen LogP contribution in [0, 0.1) is 0 Å². The molecule has 3 aromatic rings. The molecule has 2 aliphatic rings. The Balaban J connectivity index is 1.26. The smallest absolute Gasteiger partial charge is 0.410 e. The van der Waals surface area contributed by atoms with Gasteiger partial charge in [-0.3, -0.25) is 4.84 Å². The molecule has 40 heavy (non-hydrogen) atoms. The molecule has 0 radical (unpaired) electrons. The van der Waals surface area contributed by atoms with E-state index in [-0.39, 0.29) is 18.7 Å². The van der Waals surface area contributed by atoms with Crippen LogP contribution < -0.4 is 4.90 Å². The van der Waals surface area contributed by atoms with E-state index < -0.39 is 11.3 Å². The third kappa shape index (κ3) is 6.63. The SMILES string of the molecule is CC(C)(C)OC(=O)c1cccc(CN2CN(c3ccccc3)C3(CCN(C(=O)OCc4ccccc4)CC3)O2)c1. The molecule has 0 bridgehead atoms. The number of carbonyl (C=O) groups excluding carboxylic acids is 2. The second-order valence-corrected chi connectivity index (χ2v) is 11.3. The second-order valence-electron chi connectivity index (χ2n) is 11.3. The molecule has 1 spiro atoms. The number of anilines is 1. The number of piperidine rings is 1. The molecule has 0 aliphatic carbocycles. The summed E-state index contributed by atoms with van der Waals surface area (Å²) in [5, 5.41) is 1.94. The first-order valence-electron chi connectivity index (χ1n) is 13.8. The van der Waals surface area contributed by atoms with Gasteiger partial charge in [-0.05, 0) is 56.2 Å². The molecule has 3 aromatic carbocycles. The van der Waals surface area contributed by atoms with E-state index in [0.29, 0.717) is 44.7 Å². The third-order valence-corrected chi connectivity index (χ3v) is 7.09. The largest absolute Gasteiger partial charge is 0.456 e. The van der Waals surface area contributed by atoms with Crippen LogP contribution >= 0.6 is 0 Å². The number of para-hydroxylation sites is 1. The van der Waals surface area contributed by atoms with Crippen molar-refractivity contribution in [2.75, 3.05) is 24.7 Å². The van der Waals surface area contributed by atoms with Gasteiger partial charge in [0.1, 0.15) is 12.2 Å². The fourth-order valence-electron chi connectivity index (χ4n) is 5.16. The molecule has 2 fully saturated rings. The zero-order chi connectivity index (χ0) is 28.2. The molecular weight excluding hydrogens is 506 g/mol. The van der Waals surface area contributed by atoms with Crippen molar-refractivity contribution in [3.8, 4) is 0 Å². The molecule has 2 aliphatic heterocycles. The predicted molar refractivity (Wildman–Crippen MR) is 152 cm³/mol. The topological polar surface area (TPSA) is 71.6 Å². The van der Waals surface area contributed by atoms with Crippen LogP contribution in [0.2, 0.25) is 0 Å². The van der Waals surface area contributed by atoms with Gasteiger partial charge in [0.2, 0.25) is 0 Å². The average molecular weight is 544 g/mol. The van der Waals surface area contributed by atoms with Gasteiger partial charge in [0.25, 0.3) is 0 Å². The highest BCUT2D eigenvalue weighted by Crippen LogP contribution is 2.40. The van der Waals surface area contributed by atoms with Crippen molar-refractivity contribution in [1.29, 1.82) is 0 Å². The van der Waals surface area contributed by atoms with Gasteiger partial charge in [0.15, 0.2) is 5.72 Å². The van der Waals surface area contributed by atoms with Gasteiger partial charge < -0.3 is 19.3 Å². The first-order valence-corrected chi connectivity index (χ1v) is 13.8. The van der Waals surface area contributed by atoms with Crippen LogP contribution in [0.4, 0.5) is 10.5 Å². The lowest BCUT2D eigenvalue weighted by Gasteiger charge is -2.43. The van der Waals surface area contributed by atoms with Crippen molar-refractivity contribution in [2.24, 2.45) is 0 Å². The Kier molecular flexibility index (Phi) is 8.09. The van der Waals surface area contributed by atoms with Crippen LogP contribution in [0.5, 0.6) is 0 Å². The van der Waals surface area contributed by atoms with Crippen molar-refractivity contribution < 1.29 is 23.9 Å². The highest BCUT2D eigenvalue weighted by molar-refractivity contribution is 5.89. The van der Waals surface area contributed by atoms with Gasteiger partial charge in [-0.1, -0.05) is 60.7 Å². The van der Waals surface area contributed by atoms with Crippen LogP contribution in [0.15, 0.2) is 84.9 Å². The second kappa shape index (κ2) is 11.7. The van der Waals surface area contributed by atoms with E-state index in [1.54, 1.807) is 11.0 Å². The van der Waals surface area contributed by atoms with E-state index in [1.807, 2.05) is 92.6 Å². The van der Waals surface area contributed by atoms with Crippen LogP contribution in [-0.2, 0) is 27.5 Å². The van der Waals surface area contributed by atoms with Crippen molar-refractivity contribution in [1.82, 2.24) is 9.96 Å². The number of hydroxylamine groups is 2. The summed E-state index contributed by atoms with van der Waals surface area (Å²) in [6.07, 6.45) is 0.965. The molecule has 0 unspecified atom stereocenters. The lowest BCUT2D eigenvalue weighted by molar-refractivity contribution is -0.210. The quantitative estimate of drug-likeness (QED) is 0.354. The lowest BCUT2D eigenvalue weighted by atomic mass is 9.98. The monoisotopic (exact) mass is 543 g/mol. The summed E-state index contributed by atoms with van der Waals surface area (Å²) >= 11 is 0. The molecule has 2 saturated heterocycles. The summed E-state index contributed by atoms with van der Waals surface area (Å²) in [7, 11) is 0. The van der Waals surface area contributed by atoms with Crippen molar-refractivity contribution in [3.63, 3.8) is 0 Å². The predicted octanol–water partition coefficient (Wildman–Crippen LogP) is 5.98. The molecule has 1 amide bonds. The van der Waals surface area contributed by atoms with Gasteiger partial charge in [0, 0.05) is 31.6 Å². The van der Waals surface area contributed by atoms with E-state index >= 15 is 0 Å². The standard InChI is InChI=1S/C32H37N3O5/c1-31(2,3)39-29(36)27-14-10-13-26(21-27)22-34-24-35(28-15-8-5-9-16-28)32(40-34)17-19-33(20-18-32)30(37)38-23-25-11-6-4-7-12-25/h4-16,21H,17-20,22-24H2,1-3H3. The summed E-state index contributed by atoms with van der Waals surface area (Å²) in [6.45, 7) is 7.95. The maximum atomic E-state index is 12.8. The maximum Gasteiger partial charge on any atom is 0.410 e. The van der Waals surface area contributed by atoms with Crippen molar-refractivity contribution in [2.45, 2.75) is 58.1 Å². The maximum absolute atomic E-state index is 12.8. The summed E-state index contributed by atoms with van der Waals surface area (Å²) < 4.78 is 11.1. The Labute approximate surface area is 236 Å². The summed E-state index contributed by atoms with van der Waals surface area (Å²) in [4.78, 5) is 36.1. The minimum absolute atomic E-state index is 0.254. The average Bonchev–Trinajstić information content (AvgIpc) is 3.29. The molecular formula is C32H37N3O5. The van der Waals surface area contributed by atoms with E-state index in [4.69, 9.17) is 14.3 Å². The third-order valence-electron chi connectivity index (χ3n) is 7.09. The highest BCUT2D eigenvalue weighted by atomic mass is 16.7. The van der Waals surface area contributed by atoms with Crippen LogP contribution in [0.3, 0.4) is 0 Å². The van der Waals surface area contributed by atoms with Crippen molar-refractivity contribution >= 4 is 17.7 Å². The number of likely N-dealkylation sites (tertiary alicyclic amines) is 1. The van der Waals surface area contributed by atoms with E-state index in [9.17, 15) is 9.59 Å². The number of carbonyl (C=O) groups is 2. The minimum atomic E-state index is -0.583. The molecule has 210 valence electrons. The van der Waals surface area contributed by atoms with E-state index in [2.05, 4.69) is 17.0 Å². The first-order chi connectivity index (χ1) is 19.2. The highest BCUT2D eigenvalue weighted by Gasteiger charge is 2.49. The van der Waals surface area contributed by atoms with Gasteiger partial charge in [-0.25, -0.2) is 9.59 Å². The normalized spacial score (nSPS) is 17.2. The molecule has 0 atom stereocenters. The van der Waals surface area contributed by atoms with E-state index in [1.165, 1.54) is 0 Å². The Hall–Kier alpha value is -3.88. The molecule has 0 saturated carbocycles. The fourth-order valence-corrected chi connectivity index (χ4v) is 5.16. The number of ether oxygens (including phenoxy) is 2. The molecule has 5 rings (SSSR count). The fraction of sp³-hybridized carbons (Fsp3) is 0.375. The zero-order valence-electron chi connectivity index (χ0n) is 23.4. The van der Waals surface area contributed by atoms with E-state index in [0.717, 1.165) is 16.8 Å². The van der Waals surface area contributed by atoms with Gasteiger partial charge in [0.05, 0.1) is 18.8 Å². The van der Waals surface area contributed by atoms with Crippen LogP contribution in [-0.4, -0.2) is 53.1 Å². The summed E-state index contributed by atoms with van der Waals surface area (Å²) in [5.74, 6) is -0.342. The Bertz CT molecular complexity index is 1300. The number of esters is 1. The summed E-state index contributed by atoms with van der Waals surface area (Å²) in [6, 6.07) is 27.4. The Morgan fingerprint density at radius 1 is 0.875 bits per heavy atom. The molecule has 0 aromatic heterocycles. The number of benzene rings is 3. The minimum Gasteiger partial charge on any atom is -0.456 e. The Morgan fingerprint density at radius 2 is 1.52 bits per heavy atom. The van der Waals surface area contributed by atoms with Crippen LogP contribution in [0.1, 0.15) is 55.1 Å². The number of nitrogens with zero attached hydrogens (tertiary/aromatic N) is 3. The number of amides is 1. The first kappa shape index (κ1) is 27.7. The van der Waals surface area contributed by atoms with Crippen molar-refractivity contribution in [3.05, 3.63) is 102 Å². The molecule has 0 N–H and O–H groups in total. The van der Waals surface area contributed by atoms with Gasteiger partial charge in [-0.15, -0.1) is 0 Å². The van der Waals surface area contributed by atoms with Crippen LogP contribution in [0.25, 0.3) is 0 Å². The molecule has 2 heterocycles.